The average molecular weight is 390 g/mol. The first-order valence-corrected chi connectivity index (χ1v) is 8.64. The van der Waals surface area contributed by atoms with Gasteiger partial charge < -0.3 is 14.8 Å². The Morgan fingerprint density at radius 2 is 2.00 bits per heavy atom. The highest BCUT2D eigenvalue weighted by Crippen LogP contribution is 2.28. The van der Waals surface area contributed by atoms with Gasteiger partial charge in [-0.2, -0.15) is 5.10 Å². The summed E-state index contributed by atoms with van der Waals surface area (Å²) in [4.78, 5) is 0. The molecule has 26 heavy (non-hydrogen) atoms. The molecule has 7 heteroatoms. The van der Waals surface area contributed by atoms with Gasteiger partial charge in [-0.05, 0) is 53.7 Å². The molecule has 2 rings (SSSR count). The second-order valence-corrected chi connectivity index (χ2v) is 6.04. The van der Waals surface area contributed by atoms with Crippen LogP contribution in [-0.4, -0.2) is 25.0 Å². The van der Waals surface area contributed by atoms with E-state index in [1.807, 2.05) is 42.5 Å². The molecule has 0 aromatic heterocycles. The minimum Gasteiger partial charge on any atom is -0.493 e. The molecule has 0 aliphatic carbocycles. The predicted molar refractivity (Wildman–Crippen MR) is 110 cm³/mol. The van der Waals surface area contributed by atoms with Gasteiger partial charge in [-0.25, -0.2) is 0 Å². The molecule has 2 N–H and O–H groups in total. The number of benzene rings is 2. The maximum Gasteiger partial charge on any atom is 0.187 e. The van der Waals surface area contributed by atoms with Crippen molar-refractivity contribution in [2.45, 2.75) is 6.61 Å². The highest BCUT2D eigenvalue weighted by atomic mass is 35.5. The number of ether oxygens (including phenoxy) is 2. The number of nitrogens with one attached hydrogen (secondary N) is 2. The molecule has 0 saturated heterocycles. The van der Waals surface area contributed by atoms with E-state index in [0.29, 0.717) is 34.8 Å². The van der Waals surface area contributed by atoms with Gasteiger partial charge >= 0.3 is 0 Å². The molecule has 2 aromatic rings. The molecule has 0 aliphatic rings. The summed E-state index contributed by atoms with van der Waals surface area (Å²) in [5.41, 5.74) is 4.59. The maximum atomic E-state index is 5.90. The van der Waals surface area contributed by atoms with Crippen LogP contribution >= 0.6 is 23.8 Å². The van der Waals surface area contributed by atoms with E-state index in [1.54, 1.807) is 19.4 Å². The standard InChI is InChI=1S/C19H20ClN3O2S/c1-3-10-21-19(26)23-22-12-15-6-9-17(24-2)18(11-15)25-13-14-4-7-16(20)8-5-14/h3-9,11-12H,1,10,13H2,2H3,(H2,21,23,26)/b22-12+. The molecular formula is C19H20ClN3O2S. The fraction of sp³-hybridized carbons (Fsp3) is 0.158. The van der Waals surface area contributed by atoms with Crippen molar-refractivity contribution in [1.82, 2.24) is 10.7 Å². The minimum atomic E-state index is 0.405. The smallest absolute Gasteiger partial charge is 0.187 e. The van der Waals surface area contributed by atoms with E-state index in [9.17, 15) is 0 Å². The number of thiocarbonyl (C=S) groups is 1. The second-order valence-electron chi connectivity index (χ2n) is 5.19. The normalized spacial score (nSPS) is 10.4. The molecular weight excluding hydrogens is 370 g/mol. The van der Waals surface area contributed by atoms with Crippen molar-refractivity contribution in [3.8, 4) is 11.5 Å². The number of methoxy groups -OCH3 is 1. The number of hydrazone groups is 1. The van der Waals surface area contributed by atoms with Crippen LogP contribution < -0.4 is 20.2 Å². The average Bonchev–Trinajstić information content (AvgIpc) is 2.66. The van der Waals surface area contributed by atoms with Gasteiger partial charge in [0.25, 0.3) is 0 Å². The van der Waals surface area contributed by atoms with Crippen molar-refractivity contribution in [1.29, 1.82) is 0 Å². The Labute approximate surface area is 163 Å². The lowest BCUT2D eigenvalue weighted by Gasteiger charge is -2.11. The summed E-state index contributed by atoms with van der Waals surface area (Å²) in [6.45, 7) is 4.59. The van der Waals surface area contributed by atoms with Crippen LogP contribution in [0.25, 0.3) is 0 Å². The summed E-state index contributed by atoms with van der Waals surface area (Å²) in [6.07, 6.45) is 3.36. The lowest BCUT2D eigenvalue weighted by molar-refractivity contribution is 0.284. The van der Waals surface area contributed by atoms with Gasteiger partial charge in [0.05, 0.1) is 13.3 Å². The van der Waals surface area contributed by atoms with Crippen LogP contribution in [0, 0.1) is 0 Å². The third kappa shape index (κ3) is 6.38. The number of hydrogen-bond donors (Lipinski definition) is 2. The molecule has 0 unspecified atom stereocenters. The molecule has 2 aromatic carbocycles. The van der Waals surface area contributed by atoms with E-state index in [4.69, 9.17) is 33.3 Å². The SMILES string of the molecule is C=CCNC(=S)N/N=C/c1ccc(OC)c(OCc2ccc(Cl)cc2)c1. The summed E-state index contributed by atoms with van der Waals surface area (Å²) in [5, 5.41) is 8.14. The van der Waals surface area contributed by atoms with Crippen LogP contribution in [-0.2, 0) is 6.61 Å². The van der Waals surface area contributed by atoms with Crippen molar-refractivity contribution in [2.75, 3.05) is 13.7 Å². The second kappa shape index (κ2) is 10.4. The van der Waals surface area contributed by atoms with Crippen molar-refractivity contribution in [3.63, 3.8) is 0 Å². The van der Waals surface area contributed by atoms with E-state index in [-0.39, 0.29) is 0 Å². The molecule has 0 saturated carbocycles. The van der Waals surface area contributed by atoms with Gasteiger partial charge in [-0.15, -0.1) is 6.58 Å². The number of halogens is 1. The number of nitrogens with zero attached hydrogens (tertiary/aromatic N) is 1. The van der Waals surface area contributed by atoms with Crippen LogP contribution in [0.5, 0.6) is 11.5 Å². The highest BCUT2D eigenvalue weighted by Gasteiger charge is 2.06. The van der Waals surface area contributed by atoms with E-state index in [1.165, 1.54) is 0 Å². The molecule has 0 radical (unpaired) electrons. The van der Waals surface area contributed by atoms with Gasteiger partial charge in [0.15, 0.2) is 16.6 Å². The van der Waals surface area contributed by atoms with Gasteiger partial charge in [0, 0.05) is 11.6 Å². The summed E-state index contributed by atoms with van der Waals surface area (Å²) in [6, 6.07) is 13.0. The van der Waals surface area contributed by atoms with Crippen molar-refractivity contribution >= 4 is 35.1 Å². The highest BCUT2D eigenvalue weighted by molar-refractivity contribution is 7.80. The Morgan fingerprint density at radius 3 is 2.69 bits per heavy atom. The zero-order chi connectivity index (χ0) is 18.8. The van der Waals surface area contributed by atoms with Gasteiger partial charge in [0.1, 0.15) is 6.61 Å². The van der Waals surface area contributed by atoms with Crippen LogP contribution in [0.2, 0.25) is 5.02 Å². The first-order valence-electron chi connectivity index (χ1n) is 7.85. The molecule has 0 fully saturated rings. The summed E-state index contributed by atoms with van der Waals surface area (Å²) in [7, 11) is 1.60. The third-order valence-corrected chi connectivity index (χ3v) is 3.77. The predicted octanol–water partition coefficient (Wildman–Crippen LogP) is 3.91. The molecule has 0 amide bonds. The summed E-state index contributed by atoms with van der Waals surface area (Å²) in [5.74, 6) is 1.27. The van der Waals surface area contributed by atoms with E-state index in [2.05, 4.69) is 22.4 Å². The molecule has 0 heterocycles. The Morgan fingerprint density at radius 1 is 1.23 bits per heavy atom. The molecule has 136 valence electrons. The molecule has 0 bridgehead atoms. The zero-order valence-corrected chi connectivity index (χ0v) is 15.9. The Kier molecular flexibility index (Phi) is 7.92. The Bertz CT molecular complexity index is 779. The van der Waals surface area contributed by atoms with E-state index >= 15 is 0 Å². The van der Waals surface area contributed by atoms with Crippen molar-refractivity contribution in [2.24, 2.45) is 5.10 Å². The number of rotatable bonds is 8. The summed E-state index contributed by atoms with van der Waals surface area (Å²) < 4.78 is 11.2. The Balaban J connectivity index is 2.01. The summed E-state index contributed by atoms with van der Waals surface area (Å²) >= 11 is 11.0. The minimum absolute atomic E-state index is 0.405. The fourth-order valence-electron chi connectivity index (χ4n) is 2.00. The molecule has 5 nitrogen and oxygen atoms in total. The monoisotopic (exact) mass is 389 g/mol. The van der Waals surface area contributed by atoms with Crippen molar-refractivity contribution in [3.05, 3.63) is 71.3 Å². The maximum absolute atomic E-state index is 5.90. The Hall–Kier alpha value is -2.57. The van der Waals surface area contributed by atoms with Crippen molar-refractivity contribution < 1.29 is 9.47 Å². The van der Waals surface area contributed by atoms with Gasteiger partial charge in [-0.3, -0.25) is 5.43 Å². The van der Waals surface area contributed by atoms with Crippen LogP contribution in [0.15, 0.2) is 60.2 Å². The largest absolute Gasteiger partial charge is 0.493 e. The molecule has 0 aliphatic heterocycles. The molecule has 0 spiro atoms. The fourth-order valence-corrected chi connectivity index (χ4v) is 2.26. The molecule has 0 atom stereocenters. The van der Waals surface area contributed by atoms with Gasteiger partial charge in [-0.1, -0.05) is 29.8 Å². The van der Waals surface area contributed by atoms with Crippen LogP contribution in [0.3, 0.4) is 0 Å². The first-order chi connectivity index (χ1) is 12.6. The lowest BCUT2D eigenvalue weighted by Crippen LogP contribution is -2.31. The third-order valence-electron chi connectivity index (χ3n) is 3.28. The van der Waals surface area contributed by atoms with Crippen LogP contribution in [0.1, 0.15) is 11.1 Å². The van der Waals surface area contributed by atoms with E-state index in [0.717, 1.165) is 11.1 Å². The zero-order valence-electron chi connectivity index (χ0n) is 14.4. The van der Waals surface area contributed by atoms with E-state index < -0.39 is 0 Å². The first kappa shape index (κ1) is 19.8. The van der Waals surface area contributed by atoms with Crippen LogP contribution in [0.4, 0.5) is 0 Å². The quantitative estimate of drug-likeness (QED) is 0.310. The number of hydrogen-bond acceptors (Lipinski definition) is 4. The van der Waals surface area contributed by atoms with Gasteiger partial charge in [0.2, 0.25) is 0 Å². The topological polar surface area (TPSA) is 54.9 Å². The lowest BCUT2D eigenvalue weighted by atomic mass is 10.2.